The molecule has 0 amide bonds. The Morgan fingerprint density at radius 3 is 2.67 bits per heavy atom. The Morgan fingerprint density at radius 2 is 2.13 bits per heavy atom. The molecule has 0 aliphatic rings. The summed E-state index contributed by atoms with van der Waals surface area (Å²) in [6.07, 6.45) is 0. The zero-order valence-corrected chi connectivity index (χ0v) is 10.4. The molecule has 0 aromatic heterocycles. The van der Waals surface area contributed by atoms with Crippen LogP contribution in [0.4, 0.5) is 0 Å². The second-order valence-corrected chi connectivity index (χ2v) is 5.47. The largest absolute Gasteiger partial charge is 0.240 e. The molecule has 15 heavy (non-hydrogen) atoms. The highest BCUT2D eigenvalue weighted by molar-refractivity contribution is 9.10. The fourth-order valence-electron chi connectivity index (χ4n) is 1.06. The van der Waals surface area contributed by atoms with Crippen LogP contribution in [0.15, 0.2) is 27.6 Å². The molecular formula is C9H9BrN2O2S. The van der Waals surface area contributed by atoms with Crippen molar-refractivity contribution in [1.29, 1.82) is 5.26 Å². The molecule has 4 nitrogen and oxygen atoms in total. The zero-order chi connectivity index (χ0) is 11.5. The summed E-state index contributed by atoms with van der Waals surface area (Å²) in [5.41, 5.74) is 0.306. The summed E-state index contributed by atoms with van der Waals surface area (Å²) >= 11 is 3.15. The van der Waals surface area contributed by atoms with Gasteiger partial charge in [0.2, 0.25) is 10.0 Å². The average molecular weight is 289 g/mol. The lowest BCUT2D eigenvalue weighted by molar-refractivity contribution is 0.584. The first kappa shape index (κ1) is 12.2. The van der Waals surface area contributed by atoms with E-state index in [4.69, 9.17) is 5.26 Å². The van der Waals surface area contributed by atoms with Crippen LogP contribution in [0.5, 0.6) is 0 Å². The third kappa shape index (κ3) is 3.02. The van der Waals surface area contributed by atoms with Crippen LogP contribution in [-0.2, 0) is 10.0 Å². The van der Waals surface area contributed by atoms with Gasteiger partial charge in [-0.3, -0.25) is 0 Å². The minimum absolute atomic E-state index is 0.0928. The molecule has 0 spiro atoms. The fraction of sp³-hybridized carbons (Fsp3) is 0.222. The first-order valence-corrected chi connectivity index (χ1v) is 6.47. The van der Waals surface area contributed by atoms with Gasteiger partial charge in [-0.2, -0.15) is 5.26 Å². The van der Waals surface area contributed by atoms with Gasteiger partial charge in [-0.25, -0.2) is 13.1 Å². The number of halogens is 1. The van der Waals surface area contributed by atoms with Crippen LogP contribution >= 0.6 is 15.9 Å². The molecule has 1 N–H and O–H groups in total. The molecule has 0 bridgehead atoms. The number of hydrogen-bond donors (Lipinski definition) is 1. The maximum absolute atomic E-state index is 11.6. The van der Waals surface area contributed by atoms with Crippen molar-refractivity contribution in [3.8, 4) is 6.07 Å². The summed E-state index contributed by atoms with van der Waals surface area (Å²) in [6.45, 7) is 2.01. The van der Waals surface area contributed by atoms with Crippen LogP contribution in [0.1, 0.15) is 12.5 Å². The second kappa shape index (κ2) is 4.75. The lowest BCUT2D eigenvalue weighted by atomic mass is 10.2. The molecule has 0 heterocycles. The van der Waals surface area contributed by atoms with Crippen molar-refractivity contribution in [2.24, 2.45) is 0 Å². The average Bonchev–Trinajstić information content (AvgIpc) is 2.16. The molecule has 80 valence electrons. The van der Waals surface area contributed by atoms with Crippen molar-refractivity contribution in [3.05, 3.63) is 28.2 Å². The van der Waals surface area contributed by atoms with Crippen molar-refractivity contribution in [1.82, 2.24) is 4.72 Å². The Bertz CT molecular complexity index is 505. The van der Waals surface area contributed by atoms with E-state index in [2.05, 4.69) is 20.7 Å². The summed E-state index contributed by atoms with van der Waals surface area (Å²) in [7, 11) is -3.50. The maximum Gasteiger partial charge on any atom is 0.240 e. The van der Waals surface area contributed by atoms with Gasteiger partial charge in [-0.15, -0.1) is 0 Å². The van der Waals surface area contributed by atoms with Gasteiger partial charge >= 0.3 is 0 Å². The first-order chi connectivity index (χ1) is 6.99. The lowest BCUT2D eigenvalue weighted by Gasteiger charge is -2.05. The summed E-state index contributed by atoms with van der Waals surface area (Å²) < 4.78 is 26.1. The third-order valence-electron chi connectivity index (χ3n) is 1.65. The number of benzene rings is 1. The van der Waals surface area contributed by atoms with E-state index in [1.807, 2.05) is 6.07 Å². The van der Waals surface area contributed by atoms with Gasteiger partial charge in [0, 0.05) is 11.0 Å². The summed E-state index contributed by atoms with van der Waals surface area (Å²) in [6, 6.07) is 6.25. The zero-order valence-electron chi connectivity index (χ0n) is 7.99. The Kier molecular flexibility index (Phi) is 3.85. The van der Waals surface area contributed by atoms with E-state index in [0.717, 1.165) is 0 Å². The van der Waals surface area contributed by atoms with E-state index in [-0.39, 0.29) is 4.90 Å². The molecule has 1 rings (SSSR count). The quantitative estimate of drug-likeness (QED) is 0.919. The van der Waals surface area contributed by atoms with Crippen molar-refractivity contribution in [3.63, 3.8) is 0 Å². The molecule has 0 radical (unpaired) electrons. The van der Waals surface area contributed by atoms with Crippen LogP contribution in [0, 0.1) is 11.3 Å². The Morgan fingerprint density at radius 1 is 1.47 bits per heavy atom. The topological polar surface area (TPSA) is 70.0 Å². The highest BCUT2D eigenvalue weighted by Crippen LogP contribution is 2.18. The van der Waals surface area contributed by atoms with E-state index in [9.17, 15) is 8.42 Å². The number of sulfonamides is 1. The third-order valence-corrected chi connectivity index (χ3v) is 3.63. The predicted octanol–water partition coefficient (Wildman–Crippen LogP) is 1.62. The van der Waals surface area contributed by atoms with Crippen molar-refractivity contribution in [2.45, 2.75) is 11.8 Å². The van der Waals surface area contributed by atoms with Crippen LogP contribution in [0.25, 0.3) is 0 Å². The summed E-state index contributed by atoms with van der Waals surface area (Å²) in [5, 5.41) is 8.70. The van der Waals surface area contributed by atoms with Gasteiger partial charge in [-0.05, 0) is 18.2 Å². The number of nitrogens with zero attached hydrogens (tertiary/aromatic N) is 1. The number of nitriles is 1. The molecule has 6 heteroatoms. The van der Waals surface area contributed by atoms with Crippen molar-refractivity contribution < 1.29 is 8.42 Å². The summed E-state index contributed by atoms with van der Waals surface area (Å²) in [5.74, 6) is 0. The van der Waals surface area contributed by atoms with E-state index in [0.29, 0.717) is 16.6 Å². The van der Waals surface area contributed by atoms with Gasteiger partial charge in [-0.1, -0.05) is 22.9 Å². The van der Waals surface area contributed by atoms with Crippen molar-refractivity contribution >= 4 is 26.0 Å². The van der Waals surface area contributed by atoms with Gasteiger partial charge in [0.15, 0.2) is 0 Å². The Labute approximate surface area is 97.1 Å². The fourth-order valence-corrected chi connectivity index (χ4v) is 2.81. The van der Waals surface area contributed by atoms with Crippen LogP contribution in [0.3, 0.4) is 0 Å². The predicted molar refractivity (Wildman–Crippen MR) is 59.7 cm³/mol. The molecule has 0 aliphatic carbocycles. The molecule has 1 aromatic carbocycles. The number of nitrogens with one attached hydrogen (secondary N) is 1. The Balaban J connectivity index is 3.28. The van der Waals surface area contributed by atoms with Gasteiger partial charge in [0.25, 0.3) is 0 Å². The number of hydrogen-bond acceptors (Lipinski definition) is 3. The molecular weight excluding hydrogens is 280 g/mol. The molecule has 0 aliphatic heterocycles. The smallest absolute Gasteiger partial charge is 0.211 e. The normalized spacial score (nSPS) is 11.0. The van der Waals surface area contributed by atoms with Crippen LogP contribution in [0.2, 0.25) is 0 Å². The minimum Gasteiger partial charge on any atom is -0.211 e. The standard InChI is InChI=1S/C9H9BrN2O2S/c1-2-12-15(13,14)9-4-7(6-11)3-8(10)5-9/h3-5,12H,2H2,1H3. The number of rotatable bonds is 3. The lowest BCUT2D eigenvalue weighted by Crippen LogP contribution is -2.23. The van der Waals surface area contributed by atoms with Crippen molar-refractivity contribution in [2.75, 3.05) is 6.54 Å². The van der Waals surface area contributed by atoms with Crippen LogP contribution < -0.4 is 4.72 Å². The Hall–Kier alpha value is -0.900. The molecule has 0 atom stereocenters. The second-order valence-electron chi connectivity index (χ2n) is 2.79. The molecule has 0 fully saturated rings. The minimum atomic E-state index is -3.50. The monoisotopic (exact) mass is 288 g/mol. The van der Waals surface area contributed by atoms with E-state index in [1.165, 1.54) is 12.1 Å². The molecule has 1 aromatic rings. The molecule has 0 saturated carbocycles. The van der Waals surface area contributed by atoms with Gasteiger partial charge < -0.3 is 0 Å². The van der Waals surface area contributed by atoms with E-state index < -0.39 is 10.0 Å². The molecule has 0 unspecified atom stereocenters. The first-order valence-electron chi connectivity index (χ1n) is 4.20. The van der Waals surface area contributed by atoms with Gasteiger partial charge in [0.1, 0.15) is 0 Å². The highest BCUT2D eigenvalue weighted by atomic mass is 79.9. The highest BCUT2D eigenvalue weighted by Gasteiger charge is 2.13. The van der Waals surface area contributed by atoms with Gasteiger partial charge in [0.05, 0.1) is 16.5 Å². The molecule has 0 saturated heterocycles. The van der Waals surface area contributed by atoms with E-state index in [1.54, 1.807) is 13.0 Å². The van der Waals surface area contributed by atoms with Crippen LogP contribution in [-0.4, -0.2) is 15.0 Å². The summed E-state index contributed by atoms with van der Waals surface area (Å²) in [4.78, 5) is 0.0928. The van der Waals surface area contributed by atoms with E-state index >= 15 is 0 Å². The SMILES string of the molecule is CCNS(=O)(=O)c1cc(Br)cc(C#N)c1. The maximum atomic E-state index is 11.6.